The minimum atomic E-state index is -0.832. The average Bonchev–Trinajstić information content (AvgIpc) is 2.80. The van der Waals surface area contributed by atoms with Gasteiger partial charge in [0.1, 0.15) is 0 Å². The van der Waals surface area contributed by atoms with Gasteiger partial charge in [0.05, 0.1) is 0 Å². The Morgan fingerprint density at radius 1 is 0.824 bits per heavy atom. The molecule has 3 fully saturated rings. The van der Waals surface area contributed by atoms with Crippen LogP contribution in [0.5, 0.6) is 0 Å². The first-order chi connectivity index (χ1) is 8.03. The maximum absolute atomic E-state index is 2.57. The first-order valence-corrected chi connectivity index (χ1v) is 11.7. The van der Waals surface area contributed by atoms with E-state index in [0.717, 1.165) is 29.6 Å². The summed E-state index contributed by atoms with van der Waals surface area (Å²) in [6.07, 6.45) is 11.1. The highest BCUT2D eigenvalue weighted by atomic mass is 28.3. The van der Waals surface area contributed by atoms with Crippen LogP contribution in [-0.2, 0) is 0 Å². The molecule has 3 aliphatic rings. The Balaban J connectivity index is 1.67. The molecule has 0 aromatic carbocycles. The van der Waals surface area contributed by atoms with E-state index in [2.05, 4.69) is 19.6 Å². The van der Waals surface area contributed by atoms with Crippen LogP contribution in [-0.4, -0.2) is 8.07 Å². The molecule has 0 heterocycles. The van der Waals surface area contributed by atoms with Gasteiger partial charge in [-0.3, -0.25) is 0 Å². The van der Waals surface area contributed by atoms with Crippen molar-refractivity contribution in [1.82, 2.24) is 0 Å². The highest BCUT2D eigenvalue weighted by Crippen LogP contribution is 2.55. The van der Waals surface area contributed by atoms with Crippen LogP contribution in [0, 0.1) is 29.6 Å². The second-order valence-electron chi connectivity index (χ2n) is 8.45. The molecule has 3 aliphatic carbocycles. The van der Waals surface area contributed by atoms with Crippen LogP contribution in [0.15, 0.2) is 0 Å². The van der Waals surface area contributed by atoms with E-state index in [1.54, 1.807) is 51.0 Å². The molecule has 3 saturated carbocycles. The van der Waals surface area contributed by atoms with E-state index in [1.165, 1.54) is 0 Å². The van der Waals surface area contributed by atoms with Crippen LogP contribution in [0.2, 0.25) is 25.7 Å². The first-order valence-electron chi connectivity index (χ1n) is 8.03. The van der Waals surface area contributed by atoms with Crippen molar-refractivity contribution in [2.24, 2.45) is 29.6 Å². The SMILES string of the molecule is C[Si](C)(C)CC1CCC2C[C@H]3CCC[C@H]3CC21. The minimum Gasteiger partial charge on any atom is -0.0695 e. The van der Waals surface area contributed by atoms with Crippen molar-refractivity contribution >= 4 is 8.07 Å². The zero-order valence-electron chi connectivity index (χ0n) is 12.0. The van der Waals surface area contributed by atoms with Crippen molar-refractivity contribution in [2.75, 3.05) is 0 Å². The lowest BCUT2D eigenvalue weighted by atomic mass is 9.69. The quantitative estimate of drug-likeness (QED) is 0.593. The van der Waals surface area contributed by atoms with Crippen molar-refractivity contribution in [3.05, 3.63) is 0 Å². The molecule has 0 aliphatic heterocycles. The van der Waals surface area contributed by atoms with Gasteiger partial charge in [0.15, 0.2) is 0 Å². The zero-order valence-corrected chi connectivity index (χ0v) is 13.0. The number of rotatable bonds is 2. The van der Waals surface area contributed by atoms with E-state index in [0.29, 0.717) is 0 Å². The summed E-state index contributed by atoms with van der Waals surface area (Å²) < 4.78 is 0. The van der Waals surface area contributed by atoms with E-state index in [1.807, 2.05) is 0 Å². The van der Waals surface area contributed by atoms with Crippen LogP contribution in [0.1, 0.15) is 44.9 Å². The minimum absolute atomic E-state index is 0.832. The highest BCUT2D eigenvalue weighted by Gasteiger charge is 2.45. The lowest BCUT2D eigenvalue weighted by Crippen LogP contribution is -2.32. The van der Waals surface area contributed by atoms with Crippen molar-refractivity contribution in [3.63, 3.8) is 0 Å². The van der Waals surface area contributed by atoms with Crippen molar-refractivity contribution < 1.29 is 0 Å². The predicted octanol–water partition coefficient (Wildman–Crippen LogP) is 5.18. The van der Waals surface area contributed by atoms with E-state index >= 15 is 0 Å². The maximum atomic E-state index is 2.57. The molecule has 0 nitrogen and oxygen atoms in total. The fourth-order valence-corrected chi connectivity index (χ4v) is 7.51. The fourth-order valence-electron chi connectivity index (χ4n) is 5.43. The molecule has 0 spiro atoms. The van der Waals surface area contributed by atoms with Crippen LogP contribution < -0.4 is 0 Å². The Hall–Kier alpha value is 0.217. The maximum Gasteiger partial charge on any atom is 0.0445 e. The molecule has 0 bridgehead atoms. The van der Waals surface area contributed by atoms with Crippen molar-refractivity contribution in [3.8, 4) is 0 Å². The first kappa shape index (κ1) is 12.3. The molecule has 17 heavy (non-hydrogen) atoms. The van der Waals surface area contributed by atoms with Crippen LogP contribution >= 0.6 is 0 Å². The van der Waals surface area contributed by atoms with Gasteiger partial charge in [-0.1, -0.05) is 51.4 Å². The Kier molecular flexibility index (Phi) is 3.17. The number of hydrogen-bond acceptors (Lipinski definition) is 0. The van der Waals surface area contributed by atoms with E-state index in [9.17, 15) is 0 Å². The van der Waals surface area contributed by atoms with Gasteiger partial charge < -0.3 is 0 Å². The second-order valence-corrected chi connectivity index (χ2v) is 14.0. The Morgan fingerprint density at radius 2 is 1.53 bits per heavy atom. The van der Waals surface area contributed by atoms with Crippen LogP contribution in [0.4, 0.5) is 0 Å². The summed E-state index contributed by atoms with van der Waals surface area (Å²) in [7, 11) is -0.832. The Bertz CT molecular complexity index is 278. The van der Waals surface area contributed by atoms with Gasteiger partial charge >= 0.3 is 0 Å². The second kappa shape index (κ2) is 4.40. The Morgan fingerprint density at radius 3 is 2.24 bits per heavy atom. The monoisotopic (exact) mass is 250 g/mol. The topological polar surface area (TPSA) is 0 Å². The molecule has 0 radical (unpaired) electrons. The average molecular weight is 251 g/mol. The number of fused-ring (bicyclic) bond motifs is 2. The molecule has 0 saturated heterocycles. The normalized spacial score (nSPS) is 45.7. The van der Waals surface area contributed by atoms with Crippen molar-refractivity contribution in [1.29, 1.82) is 0 Å². The van der Waals surface area contributed by atoms with Crippen LogP contribution in [0.3, 0.4) is 0 Å². The molecule has 0 N–H and O–H groups in total. The van der Waals surface area contributed by atoms with Gasteiger partial charge in [0.25, 0.3) is 0 Å². The molecule has 5 atom stereocenters. The molecule has 3 unspecified atom stereocenters. The molecule has 3 rings (SSSR count). The molecule has 0 aromatic heterocycles. The van der Waals surface area contributed by atoms with Gasteiger partial charge in [-0.15, -0.1) is 0 Å². The lowest BCUT2D eigenvalue weighted by molar-refractivity contribution is 0.135. The summed E-state index contributed by atoms with van der Waals surface area (Å²) in [5.74, 6) is 5.74. The van der Waals surface area contributed by atoms with Crippen molar-refractivity contribution in [2.45, 2.75) is 70.6 Å². The summed E-state index contributed by atoms with van der Waals surface area (Å²) in [6, 6.07) is 1.62. The third kappa shape index (κ3) is 2.50. The third-order valence-corrected chi connectivity index (χ3v) is 7.74. The summed E-state index contributed by atoms with van der Waals surface area (Å²) in [4.78, 5) is 0. The van der Waals surface area contributed by atoms with E-state index in [4.69, 9.17) is 0 Å². The van der Waals surface area contributed by atoms with Gasteiger partial charge in [-0.2, -0.15) is 0 Å². The fraction of sp³-hybridized carbons (Fsp3) is 1.00. The molecule has 0 amide bonds. The summed E-state index contributed by atoms with van der Waals surface area (Å²) in [5, 5.41) is 0. The molecule has 98 valence electrons. The largest absolute Gasteiger partial charge is 0.0695 e. The highest BCUT2D eigenvalue weighted by molar-refractivity contribution is 6.76. The summed E-state index contributed by atoms with van der Waals surface area (Å²) >= 11 is 0. The lowest BCUT2D eigenvalue weighted by Gasteiger charge is -2.38. The summed E-state index contributed by atoms with van der Waals surface area (Å²) in [5.41, 5.74) is 0. The van der Waals surface area contributed by atoms with Gasteiger partial charge in [-0.05, 0) is 48.9 Å². The van der Waals surface area contributed by atoms with Gasteiger partial charge in [0.2, 0.25) is 0 Å². The molecular weight excluding hydrogens is 220 g/mol. The van der Waals surface area contributed by atoms with E-state index in [-0.39, 0.29) is 0 Å². The molecule has 0 aromatic rings. The molecule has 1 heteroatoms. The van der Waals surface area contributed by atoms with Gasteiger partial charge in [0, 0.05) is 8.07 Å². The van der Waals surface area contributed by atoms with Crippen LogP contribution in [0.25, 0.3) is 0 Å². The predicted molar refractivity (Wildman–Crippen MR) is 77.9 cm³/mol. The summed E-state index contributed by atoms with van der Waals surface area (Å²) in [6.45, 7) is 7.71. The smallest absolute Gasteiger partial charge is 0.0445 e. The number of hydrogen-bond donors (Lipinski definition) is 0. The third-order valence-electron chi connectivity index (χ3n) is 5.99. The zero-order chi connectivity index (χ0) is 12.0. The van der Waals surface area contributed by atoms with Gasteiger partial charge in [-0.25, -0.2) is 0 Å². The standard InChI is InChI=1S/C16H30Si/c1-17(2,3)11-15-8-7-14-9-12-5-4-6-13(12)10-16(14)15/h12-16H,4-11H2,1-3H3/t12-,13+,14?,15?,16?/m1/s1. The Labute approximate surface area is 109 Å². The van der Waals surface area contributed by atoms with E-state index < -0.39 is 8.07 Å². The molecular formula is C16H30Si.